The molecule has 0 saturated heterocycles. The molecule has 8 aromatic carbocycles. The van der Waals surface area contributed by atoms with Crippen molar-refractivity contribution >= 4 is 57.2 Å². The minimum Gasteiger partial charge on any atom is -0.311 e. The number of anilines is 6. The van der Waals surface area contributed by atoms with Crippen LogP contribution in [-0.2, 0) is 27.1 Å². The Morgan fingerprint density at radius 2 is 1.01 bits per heavy atom. The summed E-state index contributed by atoms with van der Waals surface area (Å²) in [7, 11) is 0. The van der Waals surface area contributed by atoms with Crippen molar-refractivity contribution in [2.75, 3.05) is 9.80 Å². The molecule has 3 heteroatoms. The Kier molecular flexibility index (Phi) is 10.0. The van der Waals surface area contributed by atoms with Crippen molar-refractivity contribution in [2.24, 2.45) is 0 Å². The predicted molar refractivity (Wildman–Crippen MR) is 307 cm³/mol. The van der Waals surface area contributed by atoms with Crippen LogP contribution in [0.15, 0.2) is 170 Å². The first-order chi connectivity index (χ1) is 34.8. The Morgan fingerprint density at radius 3 is 1.62 bits per heavy atom. The highest BCUT2D eigenvalue weighted by Crippen LogP contribution is 2.53. The molecule has 0 saturated carbocycles. The molecular formula is C68H71BN2. The topological polar surface area (TPSA) is 6.48 Å². The largest absolute Gasteiger partial charge is 0.311 e. The van der Waals surface area contributed by atoms with Gasteiger partial charge in [0.2, 0.25) is 0 Å². The number of hydrogen-bond acceptors (Lipinski definition) is 2. The van der Waals surface area contributed by atoms with Gasteiger partial charge in [0, 0.05) is 43.5 Å². The molecule has 0 radical (unpaired) electrons. The number of hydrogen-bond donors (Lipinski definition) is 0. The van der Waals surface area contributed by atoms with E-state index in [1.54, 1.807) is 0 Å². The third kappa shape index (κ3) is 7.78. The molecule has 0 bridgehead atoms. The fraction of sp³-hybridized carbons (Fsp3) is 0.294. The van der Waals surface area contributed by atoms with Gasteiger partial charge in [0.1, 0.15) is 0 Å². The molecule has 0 spiro atoms. The van der Waals surface area contributed by atoms with Gasteiger partial charge in [-0.3, -0.25) is 0 Å². The van der Waals surface area contributed by atoms with Crippen LogP contribution in [0, 0.1) is 6.85 Å². The van der Waals surface area contributed by atoms with Crippen LogP contribution in [0.3, 0.4) is 0 Å². The molecular weight excluding hydrogens is 856 g/mol. The molecule has 3 aliphatic rings. The van der Waals surface area contributed by atoms with E-state index >= 15 is 0 Å². The van der Waals surface area contributed by atoms with Gasteiger partial charge in [0.15, 0.2) is 0 Å². The van der Waals surface area contributed by atoms with E-state index in [9.17, 15) is 4.11 Å². The first-order valence-electron chi connectivity index (χ1n) is 27.4. The fourth-order valence-corrected chi connectivity index (χ4v) is 12.2. The van der Waals surface area contributed by atoms with Crippen LogP contribution in [0.4, 0.5) is 34.1 Å². The van der Waals surface area contributed by atoms with E-state index in [1.165, 1.54) is 44.3 Å². The molecule has 2 aliphatic heterocycles. The summed E-state index contributed by atoms with van der Waals surface area (Å²) in [5.74, 6) is 0. The second-order valence-electron chi connectivity index (χ2n) is 24.7. The maximum absolute atomic E-state index is 9.33. The lowest BCUT2D eigenvalue weighted by atomic mass is 9.33. The highest BCUT2D eigenvalue weighted by molar-refractivity contribution is 7.00. The van der Waals surface area contributed by atoms with Crippen LogP contribution < -0.4 is 26.2 Å². The molecule has 71 heavy (non-hydrogen) atoms. The summed E-state index contributed by atoms with van der Waals surface area (Å²) in [5, 5.41) is 0. The Hall–Kier alpha value is -6.58. The number of fused-ring (bicyclic) bond motifs is 5. The second kappa shape index (κ2) is 16.5. The first-order valence-corrected chi connectivity index (χ1v) is 25.9. The summed E-state index contributed by atoms with van der Waals surface area (Å²) in [5.41, 5.74) is 21.2. The van der Waals surface area contributed by atoms with E-state index < -0.39 is 6.85 Å². The minimum atomic E-state index is -2.42. The van der Waals surface area contributed by atoms with Crippen LogP contribution in [0.1, 0.15) is 139 Å². The van der Waals surface area contributed by atoms with Gasteiger partial charge in [-0.25, -0.2) is 0 Å². The fourth-order valence-electron chi connectivity index (χ4n) is 12.2. The number of nitrogens with zero attached hydrogens (tertiary/aromatic N) is 2. The zero-order valence-electron chi connectivity index (χ0n) is 47.1. The SMILES string of the molecule is [2H]C([2H])([2H])c1cc2c3c(c1)N(c1cc(-c4ccccc4)c(C(C)(C)C)cc1-c1ccccc1)c1cc4c(cc1B3c1ccc(C(C)(C)c3ccccc3)cc1N2c1cccc(C(C)(C)C)c1)C(C)(C)CCC4(C)C. The number of aryl methyl sites for hydroxylation is 1. The molecule has 0 unspecified atom stereocenters. The van der Waals surface area contributed by atoms with Gasteiger partial charge in [-0.2, -0.15) is 0 Å². The quantitative estimate of drug-likeness (QED) is 0.153. The molecule has 11 rings (SSSR count). The average molecular weight is 930 g/mol. The molecule has 0 amide bonds. The van der Waals surface area contributed by atoms with E-state index in [0.717, 1.165) is 74.7 Å². The highest BCUT2D eigenvalue weighted by atomic mass is 15.2. The Labute approximate surface area is 430 Å². The van der Waals surface area contributed by atoms with Gasteiger partial charge < -0.3 is 9.80 Å². The number of rotatable bonds is 6. The Morgan fingerprint density at radius 1 is 0.451 bits per heavy atom. The van der Waals surface area contributed by atoms with E-state index in [2.05, 4.69) is 251 Å². The molecule has 8 aromatic rings. The lowest BCUT2D eigenvalue weighted by molar-refractivity contribution is 0.332. The molecule has 0 aromatic heterocycles. The van der Waals surface area contributed by atoms with Crippen molar-refractivity contribution in [2.45, 2.75) is 130 Å². The van der Waals surface area contributed by atoms with Crippen LogP contribution >= 0.6 is 0 Å². The van der Waals surface area contributed by atoms with Crippen molar-refractivity contribution in [3.8, 4) is 22.3 Å². The summed E-state index contributed by atoms with van der Waals surface area (Å²) in [6, 6.07) is 62.5. The van der Waals surface area contributed by atoms with Gasteiger partial charge in [-0.1, -0.05) is 204 Å². The normalized spacial score (nSPS) is 16.5. The summed E-state index contributed by atoms with van der Waals surface area (Å²) in [6.45, 7) is 25.4. The van der Waals surface area contributed by atoms with Crippen LogP contribution in [0.5, 0.6) is 0 Å². The average Bonchev–Trinajstić information content (AvgIpc) is 3.36. The molecule has 356 valence electrons. The Balaban J connectivity index is 1.32. The highest BCUT2D eigenvalue weighted by Gasteiger charge is 2.47. The van der Waals surface area contributed by atoms with E-state index in [0.29, 0.717) is 5.56 Å². The van der Waals surface area contributed by atoms with E-state index in [-0.39, 0.29) is 33.8 Å². The summed E-state index contributed by atoms with van der Waals surface area (Å²) in [6.07, 6.45) is 2.15. The number of benzene rings is 8. The van der Waals surface area contributed by atoms with Gasteiger partial charge in [0.05, 0.1) is 5.69 Å². The molecule has 2 nitrogen and oxygen atoms in total. The zero-order valence-corrected chi connectivity index (χ0v) is 44.1. The molecule has 1 aliphatic carbocycles. The van der Waals surface area contributed by atoms with E-state index in [4.69, 9.17) is 0 Å². The lowest BCUT2D eigenvalue weighted by Crippen LogP contribution is -2.62. The van der Waals surface area contributed by atoms with Crippen molar-refractivity contribution in [1.82, 2.24) is 0 Å². The molecule has 0 fully saturated rings. The van der Waals surface area contributed by atoms with Gasteiger partial charge in [0.25, 0.3) is 6.71 Å². The maximum Gasteiger partial charge on any atom is 0.252 e. The Bertz CT molecular complexity index is 3480. The molecule has 0 N–H and O–H groups in total. The van der Waals surface area contributed by atoms with Gasteiger partial charge >= 0.3 is 0 Å². The van der Waals surface area contributed by atoms with Crippen molar-refractivity contribution in [3.63, 3.8) is 0 Å². The summed E-state index contributed by atoms with van der Waals surface area (Å²) in [4.78, 5) is 4.89. The first kappa shape index (κ1) is 43.2. The van der Waals surface area contributed by atoms with Crippen molar-refractivity contribution in [1.29, 1.82) is 0 Å². The predicted octanol–water partition coefficient (Wildman–Crippen LogP) is 16.7. The van der Waals surface area contributed by atoms with Gasteiger partial charge in [-0.15, -0.1) is 0 Å². The smallest absolute Gasteiger partial charge is 0.252 e. The van der Waals surface area contributed by atoms with Crippen molar-refractivity contribution < 1.29 is 4.11 Å². The van der Waals surface area contributed by atoms with Crippen molar-refractivity contribution in [3.05, 3.63) is 209 Å². The van der Waals surface area contributed by atoms with Crippen LogP contribution in [0.25, 0.3) is 22.3 Å². The monoisotopic (exact) mass is 930 g/mol. The third-order valence-electron chi connectivity index (χ3n) is 16.6. The van der Waals surface area contributed by atoms with E-state index in [1.807, 2.05) is 12.1 Å². The molecule has 2 heterocycles. The molecule has 0 atom stereocenters. The lowest BCUT2D eigenvalue weighted by Gasteiger charge is -2.48. The maximum atomic E-state index is 9.33. The summed E-state index contributed by atoms with van der Waals surface area (Å²) < 4.78 is 28.0. The second-order valence-corrected chi connectivity index (χ2v) is 24.7. The van der Waals surface area contributed by atoms with Crippen LogP contribution in [-0.4, -0.2) is 6.71 Å². The zero-order chi connectivity index (χ0) is 52.5. The summed E-state index contributed by atoms with van der Waals surface area (Å²) >= 11 is 0. The minimum absolute atomic E-state index is 0.0660. The van der Waals surface area contributed by atoms with Gasteiger partial charge in [-0.05, 0) is 162 Å². The van der Waals surface area contributed by atoms with Crippen LogP contribution in [0.2, 0.25) is 0 Å². The standard InChI is InChI=1S/C68H71BN2/c1-44-36-61-63-62(37-44)71(58-41-51(45-24-17-14-18-25-45)53(65(5,6)7)40-52(58)46-26-19-15-20-27-46)60-43-55-54(66(8,9)34-35-67(55,10)11)42-57(60)69(63)56-33-32-49(68(12,13)47-28-21-16-22-29-47)39-59(56)70(61)50-31-23-30-48(38-50)64(2,3)4/h14-33,36-43H,34-35H2,1-13H3/i1D3. The third-order valence-corrected chi connectivity index (χ3v) is 16.6.